The van der Waals surface area contributed by atoms with Crippen LogP contribution in [0.4, 0.5) is 10.1 Å². The molecule has 0 spiro atoms. The van der Waals surface area contributed by atoms with Gasteiger partial charge in [0, 0.05) is 18.8 Å². The molecule has 0 aromatic heterocycles. The lowest BCUT2D eigenvalue weighted by molar-refractivity contribution is -0.115. The monoisotopic (exact) mass is 328 g/mol. The standard InChI is InChI=1S/C19H21FN2O2/c1-22-9-10-24-18(13-22)15-6-4-7-16(11-15)21-19(23)12-14-5-2-3-8-17(14)20/h2-8,11,18H,9-10,12-13H2,1H3,(H,21,23). The van der Waals surface area contributed by atoms with E-state index in [2.05, 4.69) is 17.3 Å². The van der Waals surface area contributed by atoms with Crippen molar-refractivity contribution >= 4 is 11.6 Å². The largest absolute Gasteiger partial charge is 0.371 e. The Balaban J connectivity index is 1.66. The van der Waals surface area contributed by atoms with Gasteiger partial charge in [-0.3, -0.25) is 4.79 Å². The molecule has 2 aromatic rings. The number of hydrogen-bond acceptors (Lipinski definition) is 3. The van der Waals surface area contributed by atoms with Gasteiger partial charge in [-0.2, -0.15) is 0 Å². The summed E-state index contributed by atoms with van der Waals surface area (Å²) in [7, 11) is 2.07. The summed E-state index contributed by atoms with van der Waals surface area (Å²) in [5.41, 5.74) is 2.12. The van der Waals surface area contributed by atoms with E-state index in [9.17, 15) is 9.18 Å². The summed E-state index contributed by atoms with van der Waals surface area (Å²) in [6, 6.07) is 14.0. The number of morpholine rings is 1. The molecule has 1 amide bonds. The van der Waals surface area contributed by atoms with Crippen LogP contribution >= 0.6 is 0 Å². The summed E-state index contributed by atoms with van der Waals surface area (Å²) in [5.74, 6) is -0.598. The van der Waals surface area contributed by atoms with Crippen molar-refractivity contribution in [2.45, 2.75) is 12.5 Å². The molecule has 3 rings (SSSR count). The van der Waals surface area contributed by atoms with Crippen molar-refractivity contribution in [3.05, 3.63) is 65.5 Å². The maximum Gasteiger partial charge on any atom is 0.228 e. The molecule has 0 radical (unpaired) electrons. The smallest absolute Gasteiger partial charge is 0.228 e. The minimum atomic E-state index is -0.361. The molecule has 2 aromatic carbocycles. The third-order valence-electron chi connectivity index (χ3n) is 4.12. The Morgan fingerprint density at radius 2 is 2.12 bits per heavy atom. The van der Waals surface area contributed by atoms with E-state index in [1.165, 1.54) is 6.07 Å². The zero-order valence-corrected chi connectivity index (χ0v) is 13.7. The average molecular weight is 328 g/mol. The average Bonchev–Trinajstić information content (AvgIpc) is 2.57. The van der Waals surface area contributed by atoms with Crippen molar-refractivity contribution in [3.63, 3.8) is 0 Å². The van der Waals surface area contributed by atoms with Gasteiger partial charge in [0.05, 0.1) is 19.1 Å². The molecular formula is C19H21FN2O2. The minimum Gasteiger partial charge on any atom is -0.371 e. The number of likely N-dealkylation sites (N-methyl/N-ethyl adjacent to an activating group) is 1. The van der Waals surface area contributed by atoms with Crippen LogP contribution in [0.25, 0.3) is 0 Å². The van der Waals surface area contributed by atoms with Gasteiger partial charge < -0.3 is 15.0 Å². The molecule has 0 saturated carbocycles. The highest BCUT2D eigenvalue weighted by Gasteiger charge is 2.19. The fourth-order valence-electron chi connectivity index (χ4n) is 2.82. The van der Waals surface area contributed by atoms with Gasteiger partial charge in [-0.25, -0.2) is 4.39 Å². The highest BCUT2D eigenvalue weighted by atomic mass is 19.1. The van der Waals surface area contributed by atoms with E-state index in [-0.39, 0.29) is 24.2 Å². The molecule has 4 nitrogen and oxygen atoms in total. The second-order valence-electron chi connectivity index (χ2n) is 6.06. The zero-order valence-electron chi connectivity index (χ0n) is 13.7. The first-order valence-corrected chi connectivity index (χ1v) is 8.05. The Hall–Kier alpha value is -2.24. The Morgan fingerprint density at radius 1 is 1.29 bits per heavy atom. The first-order chi connectivity index (χ1) is 11.6. The molecule has 1 aliphatic heterocycles. The van der Waals surface area contributed by atoms with Gasteiger partial charge >= 0.3 is 0 Å². The molecule has 1 saturated heterocycles. The number of nitrogens with zero attached hydrogens (tertiary/aromatic N) is 1. The van der Waals surface area contributed by atoms with Crippen LogP contribution < -0.4 is 5.32 Å². The second kappa shape index (κ2) is 7.55. The number of hydrogen-bond donors (Lipinski definition) is 1. The van der Waals surface area contributed by atoms with Crippen molar-refractivity contribution in [2.75, 3.05) is 32.1 Å². The Morgan fingerprint density at radius 3 is 2.92 bits per heavy atom. The van der Waals surface area contributed by atoms with Crippen LogP contribution in [0.3, 0.4) is 0 Å². The fraction of sp³-hybridized carbons (Fsp3) is 0.316. The number of rotatable bonds is 4. The van der Waals surface area contributed by atoms with E-state index in [0.717, 1.165) is 18.7 Å². The van der Waals surface area contributed by atoms with Gasteiger partial charge in [0.2, 0.25) is 5.91 Å². The van der Waals surface area contributed by atoms with Crippen LogP contribution in [0.5, 0.6) is 0 Å². The SMILES string of the molecule is CN1CCOC(c2cccc(NC(=O)Cc3ccccc3F)c2)C1. The molecule has 0 aliphatic carbocycles. The lowest BCUT2D eigenvalue weighted by atomic mass is 10.1. The Kier molecular flexibility index (Phi) is 5.23. The number of halogens is 1. The molecule has 24 heavy (non-hydrogen) atoms. The van der Waals surface area contributed by atoms with E-state index < -0.39 is 0 Å². The maximum absolute atomic E-state index is 13.6. The molecule has 1 atom stereocenters. The van der Waals surface area contributed by atoms with Crippen LogP contribution in [0.2, 0.25) is 0 Å². The first-order valence-electron chi connectivity index (χ1n) is 8.05. The van der Waals surface area contributed by atoms with Gasteiger partial charge in [-0.15, -0.1) is 0 Å². The number of benzene rings is 2. The van der Waals surface area contributed by atoms with Gasteiger partial charge in [0.1, 0.15) is 5.82 Å². The Labute approximate surface area is 141 Å². The van der Waals surface area contributed by atoms with E-state index in [0.29, 0.717) is 17.9 Å². The van der Waals surface area contributed by atoms with E-state index in [1.807, 2.05) is 24.3 Å². The zero-order chi connectivity index (χ0) is 16.9. The summed E-state index contributed by atoms with van der Waals surface area (Å²) in [6.07, 6.45) is 0.0201. The molecule has 1 heterocycles. The molecule has 1 unspecified atom stereocenters. The van der Waals surface area contributed by atoms with Crippen molar-refractivity contribution in [1.29, 1.82) is 0 Å². The lowest BCUT2D eigenvalue weighted by Gasteiger charge is -2.30. The predicted molar refractivity (Wildman–Crippen MR) is 91.4 cm³/mol. The molecule has 126 valence electrons. The Bertz CT molecular complexity index is 720. The lowest BCUT2D eigenvalue weighted by Crippen LogP contribution is -2.35. The minimum absolute atomic E-state index is 0.00664. The van der Waals surface area contributed by atoms with E-state index in [1.54, 1.807) is 18.2 Å². The maximum atomic E-state index is 13.6. The van der Waals surface area contributed by atoms with Crippen LogP contribution in [0.15, 0.2) is 48.5 Å². The van der Waals surface area contributed by atoms with Crippen LogP contribution in [0, 0.1) is 5.82 Å². The second-order valence-corrected chi connectivity index (χ2v) is 6.06. The number of carbonyl (C=O) groups is 1. The third kappa shape index (κ3) is 4.19. The van der Waals surface area contributed by atoms with Gasteiger partial charge in [0.15, 0.2) is 0 Å². The van der Waals surface area contributed by atoms with Crippen molar-refractivity contribution in [2.24, 2.45) is 0 Å². The quantitative estimate of drug-likeness (QED) is 0.938. The normalized spacial score (nSPS) is 18.3. The van der Waals surface area contributed by atoms with E-state index >= 15 is 0 Å². The number of amides is 1. The molecule has 1 fully saturated rings. The van der Waals surface area contributed by atoms with E-state index in [4.69, 9.17) is 4.74 Å². The van der Waals surface area contributed by atoms with Crippen molar-refractivity contribution < 1.29 is 13.9 Å². The number of ether oxygens (including phenoxy) is 1. The molecular weight excluding hydrogens is 307 g/mol. The molecule has 1 N–H and O–H groups in total. The summed E-state index contributed by atoms with van der Waals surface area (Å²) < 4.78 is 19.4. The van der Waals surface area contributed by atoms with Crippen LogP contribution in [0.1, 0.15) is 17.2 Å². The number of anilines is 1. The van der Waals surface area contributed by atoms with Crippen LogP contribution in [-0.4, -0.2) is 37.6 Å². The van der Waals surface area contributed by atoms with Gasteiger partial charge in [-0.1, -0.05) is 30.3 Å². The first kappa shape index (κ1) is 16.6. The summed E-state index contributed by atoms with van der Waals surface area (Å²) in [5, 5.41) is 2.83. The molecule has 0 bridgehead atoms. The molecule has 1 aliphatic rings. The highest BCUT2D eigenvalue weighted by molar-refractivity contribution is 5.92. The van der Waals surface area contributed by atoms with Gasteiger partial charge in [0.25, 0.3) is 0 Å². The summed E-state index contributed by atoms with van der Waals surface area (Å²) in [4.78, 5) is 14.4. The third-order valence-corrected chi connectivity index (χ3v) is 4.12. The fourth-order valence-corrected chi connectivity index (χ4v) is 2.82. The summed E-state index contributed by atoms with van der Waals surface area (Å²) >= 11 is 0. The molecule has 5 heteroatoms. The van der Waals surface area contributed by atoms with Crippen molar-refractivity contribution in [3.8, 4) is 0 Å². The number of carbonyl (C=O) groups excluding carboxylic acids is 1. The van der Waals surface area contributed by atoms with Crippen LogP contribution in [-0.2, 0) is 16.0 Å². The topological polar surface area (TPSA) is 41.6 Å². The predicted octanol–water partition coefficient (Wildman–Crippen LogP) is 3.01. The highest BCUT2D eigenvalue weighted by Crippen LogP contribution is 2.24. The summed E-state index contributed by atoms with van der Waals surface area (Å²) in [6.45, 7) is 2.45. The van der Waals surface area contributed by atoms with Gasteiger partial charge in [-0.05, 0) is 36.4 Å². The number of nitrogens with one attached hydrogen (secondary N) is 1. The van der Waals surface area contributed by atoms with Crippen molar-refractivity contribution in [1.82, 2.24) is 4.90 Å².